The number of anilines is 1. The van der Waals surface area contributed by atoms with Crippen LogP contribution in [0.3, 0.4) is 0 Å². The summed E-state index contributed by atoms with van der Waals surface area (Å²) in [6.07, 6.45) is 1.18. The molecule has 0 saturated heterocycles. The highest BCUT2D eigenvalue weighted by molar-refractivity contribution is 7.92. The monoisotopic (exact) mass is 306 g/mol. The molecular weight excluding hydrogens is 292 g/mol. The van der Waals surface area contributed by atoms with Crippen LogP contribution in [0, 0.1) is 25.2 Å². The standard InChI is InChI=1S/C11H15ClN2O2S2/c1-8-9(2)17-11(10(8)7-13)14-18(15,16)6-4-3-5-12/h14H,3-6H2,1-2H3. The van der Waals surface area contributed by atoms with Gasteiger partial charge in [0.2, 0.25) is 10.0 Å². The molecular formula is C11H15ClN2O2S2. The Morgan fingerprint density at radius 2 is 2.06 bits per heavy atom. The largest absolute Gasteiger partial charge is 0.273 e. The van der Waals surface area contributed by atoms with Gasteiger partial charge >= 0.3 is 0 Å². The van der Waals surface area contributed by atoms with Crippen molar-refractivity contribution >= 4 is 38.0 Å². The van der Waals surface area contributed by atoms with Crippen molar-refractivity contribution in [2.45, 2.75) is 26.7 Å². The molecule has 0 aliphatic rings. The highest BCUT2D eigenvalue weighted by atomic mass is 35.5. The quantitative estimate of drug-likeness (QED) is 0.649. The molecule has 18 heavy (non-hydrogen) atoms. The van der Waals surface area contributed by atoms with Crippen LogP contribution < -0.4 is 4.72 Å². The fourth-order valence-corrected chi connectivity index (χ4v) is 4.08. The summed E-state index contributed by atoms with van der Waals surface area (Å²) in [6.45, 7) is 3.68. The van der Waals surface area contributed by atoms with Crippen molar-refractivity contribution < 1.29 is 8.42 Å². The summed E-state index contributed by atoms with van der Waals surface area (Å²) in [5, 5.41) is 9.44. The van der Waals surface area contributed by atoms with Crippen molar-refractivity contribution in [2.24, 2.45) is 0 Å². The molecule has 0 unspecified atom stereocenters. The molecule has 1 rings (SSSR count). The van der Waals surface area contributed by atoms with Crippen LogP contribution in [0.2, 0.25) is 0 Å². The lowest BCUT2D eigenvalue weighted by Crippen LogP contribution is -2.16. The number of sulfonamides is 1. The second kappa shape index (κ2) is 6.41. The number of halogens is 1. The second-order valence-electron chi connectivity index (χ2n) is 3.92. The Kier molecular flexibility index (Phi) is 5.45. The van der Waals surface area contributed by atoms with Gasteiger partial charge in [-0.3, -0.25) is 4.72 Å². The Morgan fingerprint density at radius 1 is 1.39 bits per heavy atom. The molecule has 4 nitrogen and oxygen atoms in total. The Morgan fingerprint density at radius 3 is 2.61 bits per heavy atom. The number of rotatable bonds is 6. The first-order valence-corrected chi connectivity index (χ1v) is 8.48. The third-order valence-electron chi connectivity index (χ3n) is 2.54. The summed E-state index contributed by atoms with van der Waals surface area (Å²) < 4.78 is 26.1. The number of hydrogen-bond acceptors (Lipinski definition) is 4. The average Bonchev–Trinajstić information content (AvgIpc) is 2.53. The number of hydrogen-bond donors (Lipinski definition) is 1. The number of nitrogens with one attached hydrogen (secondary N) is 1. The van der Waals surface area contributed by atoms with Gasteiger partial charge in [0.1, 0.15) is 11.1 Å². The van der Waals surface area contributed by atoms with E-state index in [1.54, 1.807) is 0 Å². The van der Waals surface area contributed by atoms with Crippen molar-refractivity contribution in [1.82, 2.24) is 0 Å². The zero-order chi connectivity index (χ0) is 13.8. The third-order valence-corrected chi connectivity index (χ3v) is 5.40. The molecule has 0 fully saturated rings. The first-order chi connectivity index (χ1) is 8.41. The summed E-state index contributed by atoms with van der Waals surface area (Å²) >= 11 is 6.80. The summed E-state index contributed by atoms with van der Waals surface area (Å²) in [5.41, 5.74) is 1.25. The lowest BCUT2D eigenvalue weighted by molar-refractivity contribution is 0.598. The van der Waals surface area contributed by atoms with Crippen LogP contribution in [0.1, 0.15) is 28.8 Å². The second-order valence-corrected chi connectivity index (χ2v) is 7.36. The van der Waals surface area contributed by atoms with Crippen LogP contribution in [0.25, 0.3) is 0 Å². The van der Waals surface area contributed by atoms with Crippen LogP contribution >= 0.6 is 22.9 Å². The molecule has 7 heteroatoms. The Bertz CT molecular complexity index is 558. The van der Waals surface area contributed by atoms with Crippen LogP contribution in [0.15, 0.2) is 0 Å². The van der Waals surface area contributed by atoms with E-state index in [4.69, 9.17) is 16.9 Å². The van der Waals surface area contributed by atoms with Gasteiger partial charge in [-0.15, -0.1) is 22.9 Å². The molecule has 0 aliphatic carbocycles. The summed E-state index contributed by atoms with van der Waals surface area (Å²) in [4.78, 5) is 0.949. The van der Waals surface area contributed by atoms with E-state index in [-0.39, 0.29) is 5.75 Å². The van der Waals surface area contributed by atoms with Crippen molar-refractivity contribution in [3.8, 4) is 6.07 Å². The van der Waals surface area contributed by atoms with Crippen molar-refractivity contribution in [2.75, 3.05) is 16.4 Å². The third kappa shape index (κ3) is 3.87. The van der Waals surface area contributed by atoms with Gasteiger partial charge in [0.05, 0.1) is 11.3 Å². The molecule has 1 aromatic rings. The minimum absolute atomic E-state index is 0.0284. The molecule has 0 amide bonds. The van der Waals surface area contributed by atoms with E-state index in [9.17, 15) is 8.42 Å². The SMILES string of the molecule is Cc1sc(NS(=O)(=O)CCCCCl)c(C#N)c1C. The van der Waals surface area contributed by atoms with Gasteiger partial charge in [-0.05, 0) is 32.3 Å². The van der Waals surface area contributed by atoms with Crippen LogP contribution in [-0.2, 0) is 10.0 Å². The van der Waals surface area contributed by atoms with Gasteiger partial charge in [0.15, 0.2) is 0 Å². The Hall–Kier alpha value is -0.770. The van der Waals surface area contributed by atoms with E-state index in [2.05, 4.69) is 4.72 Å². The molecule has 0 radical (unpaired) electrons. The maximum Gasteiger partial charge on any atom is 0.233 e. The van der Waals surface area contributed by atoms with E-state index >= 15 is 0 Å². The minimum Gasteiger partial charge on any atom is -0.273 e. The number of aryl methyl sites for hydroxylation is 1. The molecule has 0 aliphatic heterocycles. The molecule has 1 aromatic heterocycles. The lowest BCUT2D eigenvalue weighted by Gasteiger charge is -2.05. The molecule has 1 heterocycles. The van der Waals surface area contributed by atoms with Crippen molar-refractivity contribution in [3.63, 3.8) is 0 Å². The van der Waals surface area contributed by atoms with Gasteiger partial charge in [0.25, 0.3) is 0 Å². The van der Waals surface area contributed by atoms with E-state index < -0.39 is 10.0 Å². The van der Waals surface area contributed by atoms with Crippen LogP contribution in [-0.4, -0.2) is 20.1 Å². The van der Waals surface area contributed by atoms with E-state index in [0.717, 1.165) is 10.4 Å². The number of nitriles is 1. The van der Waals surface area contributed by atoms with E-state index in [0.29, 0.717) is 29.3 Å². The zero-order valence-corrected chi connectivity index (χ0v) is 12.7. The first-order valence-electron chi connectivity index (χ1n) is 5.48. The van der Waals surface area contributed by atoms with Crippen LogP contribution in [0.5, 0.6) is 0 Å². The summed E-state index contributed by atoms with van der Waals surface area (Å²) in [5.74, 6) is 0.483. The number of thiophene rings is 1. The molecule has 100 valence electrons. The topological polar surface area (TPSA) is 70.0 Å². The normalized spacial score (nSPS) is 11.2. The number of alkyl halides is 1. The van der Waals surface area contributed by atoms with Crippen LogP contribution in [0.4, 0.5) is 5.00 Å². The van der Waals surface area contributed by atoms with Crippen molar-refractivity contribution in [3.05, 3.63) is 16.0 Å². The zero-order valence-electron chi connectivity index (χ0n) is 10.3. The van der Waals surface area contributed by atoms with Gasteiger partial charge in [0, 0.05) is 10.8 Å². The highest BCUT2D eigenvalue weighted by Crippen LogP contribution is 2.32. The van der Waals surface area contributed by atoms with E-state index in [1.807, 2.05) is 19.9 Å². The van der Waals surface area contributed by atoms with E-state index in [1.165, 1.54) is 11.3 Å². The highest BCUT2D eigenvalue weighted by Gasteiger charge is 2.17. The summed E-state index contributed by atoms with van der Waals surface area (Å²) in [7, 11) is -3.39. The van der Waals surface area contributed by atoms with Gasteiger partial charge in [-0.25, -0.2) is 8.42 Å². The maximum absolute atomic E-state index is 11.8. The van der Waals surface area contributed by atoms with Gasteiger partial charge < -0.3 is 0 Å². The molecule has 0 aromatic carbocycles. The first kappa shape index (κ1) is 15.3. The van der Waals surface area contributed by atoms with Gasteiger partial charge in [-0.1, -0.05) is 0 Å². The van der Waals surface area contributed by atoms with Crippen molar-refractivity contribution in [1.29, 1.82) is 5.26 Å². The molecule has 0 spiro atoms. The molecule has 0 saturated carbocycles. The predicted octanol–water partition coefficient (Wildman–Crippen LogP) is 3.00. The molecule has 1 N–H and O–H groups in total. The minimum atomic E-state index is -3.39. The lowest BCUT2D eigenvalue weighted by atomic mass is 10.2. The molecule has 0 bridgehead atoms. The fraction of sp³-hybridized carbons (Fsp3) is 0.545. The average molecular weight is 307 g/mol. The fourth-order valence-electron chi connectivity index (χ4n) is 1.41. The number of unbranched alkanes of at least 4 members (excludes halogenated alkanes) is 1. The Labute approximate surface area is 117 Å². The van der Waals surface area contributed by atoms with Gasteiger partial charge in [-0.2, -0.15) is 5.26 Å². The number of nitrogens with zero attached hydrogens (tertiary/aromatic N) is 1. The summed E-state index contributed by atoms with van der Waals surface area (Å²) in [6, 6.07) is 2.04. The smallest absolute Gasteiger partial charge is 0.233 e. The molecule has 0 atom stereocenters. The predicted molar refractivity (Wildman–Crippen MR) is 75.9 cm³/mol. The Balaban J connectivity index is 2.85. The maximum atomic E-state index is 11.8.